The molecule has 0 atom stereocenters. The van der Waals surface area contributed by atoms with E-state index in [0.29, 0.717) is 5.56 Å². The molecule has 0 fully saturated rings. The van der Waals surface area contributed by atoms with Gasteiger partial charge in [-0.1, -0.05) is 30.3 Å². The van der Waals surface area contributed by atoms with Crippen LogP contribution in [0.2, 0.25) is 0 Å². The summed E-state index contributed by atoms with van der Waals surface area (Å²) in [5, 5.41) is 30.2. The van der Waals surface area contributed by atoms with E-state index >= 15 is 0 Å². The first-order valence-corrected chi connectivity index (χ1v) is 6.68. The average Bonchev–Trinajstić information content (AvgIpc) is 3.06. The maximum absolute atomic E-state index is 12.4. The highest BCUT2D eigenvalue weighted by Gasteiger charge is 2.31. The number of benzene rings is 2. The number of ether oxygens (including phenoxy) is 2. The Morgan fingerprint density at radius 2 is 1.52 bits per heavy atom. The van der Waals surface area contributed by atoms with Gasteiger partial charge in [0.15, 0.2) is 17.1 Å². The maximum Gasteiger partial charge on any atom is 0.239 e. The first-order chi connectivity index (χ1) is 11.1. The van der Waals surface area contributed by atoms with Crippen LogP contribution < -0.4 is 14.9 Å². The molecule has 2 heterocycles. The van der Waals surface area contributed by atoms with E-state index in [-0.39, 0.29) is 35.0 Å². The molecule has 3 N–H and O–H groups in total. The molecular formula is C16H10O7. The molecule has 0 saturated carbocycles. The van der Waals surface area contributed by atoms with Gasteiger partial charge in [0.25, 0.3) is 0 Å². The predicted octanol–water partition coefficient (Wildman–Crippen LogP) is 2.31. The molecule has 2 aromatic carbocycles. The van der Waals surface area contributed by atoms with Crippen LogP contribution in [0.5, 0.6) is 28.7 Å². The molecular weight excluding hydrogens is 304 g/mol. The fraction of sp³-hybridized carbons (Fsp3) is 0.0625. The topological polar surface area (TPSA) is 109 Å². The summed E-state index contributed by atoms with van der Waals surface area (Å²) in [6, 6.07) is 8.44. The Bertz CT molecular complexity index is 989. The molecule has 0 saturated heterocycles. The number of aromatic hydroxyl groups is 3. The smallest absolute Gasteiger partial charge is 0.239 e. The van der Waals surface area contributed by atoms with Gasteiger partial charge in [-0.15, -0.1) is 0 Å². The van der Waals surface area contributed by atoms with E-state index < -0.39 is 22.7 Å². The molecule has 0 bridgehead atoms. The van der Waals surface area contributed by atoms with Crippen molar-refractivity contribution in [2.24, 2.45) is 0 Å². The Balaban J connectivity index is 2.15. The molecule has 7 nitrogen and oxygen atoms in total. The minimum absolute atomic E-state index is 0.108. The van der Waals surface area contributed by atoms with E-state index in [1.807, 2.05) is 0 Å². The zero-order valence-corrected chi connectivity index (χ0v) is 11.6. The van der Waals surface area contributed by atoms with Crippen molar-refractivity contribution in [2.45, 2.75) is 0 Å². The minimum Gasteiger partial charge on any atom is -0.504 e. The van der Waals surface area contributed by atoms with E-state index in [1.54, 1.807) is 30.3 Å². The van der Waals surface area contributed by atoms with Gasteiger partial charge in [-0.05, 0) is 0 Å². The Hall–Kier alpha value is -3.35. The Morgan fingerprint density at radius 1 is 0.870 bits per heavy atom. The quantitative estimate of drug-likeness (QED) is 0.591. The van der Waals surface area contributed by atoms with E-state index in [2.05, 4.69) is 0 Å². The molecule has 116 valence electrons. The van der Waals surface area contributed by atoms with Gasteiger partial charge in [-0.2, -0.15) is 0 Å². The number of hydrogen-bond acceptors (Lipinski definition) is 7. The number of phenolic OH excluding ortho intramolecular Hbond substituents is 2. The standard InChI is InChI=1S/C16H10O7/c17-9-8-10(18)15-16(22-6-21-15)12(20)14(8)23-13(11(9)19)7-4-2-1-3-5-7/h1-5,18-20H,6H2. The van der Waals surface area contributed by atoms with Crippen molar-refractivity contribution in [3.8, 4) is 40.1 Å². The lowest BCUT2D eigenvalue weighted by Crippen LogP contribution is -2.03. The van der Waals surface area contributed by atoms with Crippen LogP contribution in [0.1, 0.15) is 0 Å². The first kappa shape index (κ1) is 13.3. The normalized spacial score (nSPS) is 12.7. The lowest BCUT2D eigenvalue weighted by atomic mass is 10.1. The molecule has 1 aliphatic heterocycles. The number of phenols is 2. The van der Waals surface area contributed by atoms with E-state index in [0.717, 1.165) is 0 Å². The van der Waals surface area contributed by atoms with Gasteiger partial charge in [0, 0.05) is 5.56 Å². The molecule has 1 aliphatic rings. The van der Waals surface area contributed by atoms with Gasteiger partial charge in [-0.25, -0.2) is 0 Å². The van der Waals surface area contributed by atoms with Crippen molar-refractivity contribution in [2.75, 3.05) is 6.79 Å². The molecule has 3 aromatic rings. The third kappa shape index (κ3) is 1.73. The summed E-state index contributed by atoms with van der Waals surface area (Å²) >= 11 is 0. The fourth-order valence-corrected chi connectivity index (χ4v) is 2.54. The van der Waals surface area contributed by atoms with Gasteiger partial charge in [-0.3, -0.25) is 4.79 Å². The highest BCUT2D eigenvalue weighted by atomic mass is 16.7. The SMILES string of the molecule is O=c1c(O)c(-c2ccccc2)oc2c(O)c3c(c(O)c12)OCO3. The second-order valence-electron chi connectivity index (χ2n) is 4.94. The van der Waals surface area contributed by atoms with Crippen molar-refractivity contribution in [1.29, 1.82) is 0 Å². The zero-order valence-electron chi connectivity index (χ0n) is 11.6. The van der Waals surface area contributed by atoms with Crippen LogP contribution in [0.15, 0.2) is 39.5 Å². The van der Waals surface area contributed by atoms with Crippen LogP contribution in [0.25, 0.3) is 22.3 Å². The van der Waals surface area contributed by atoms with Gasteiger partial charge in [0.05, 0.1) is 0 Å². The van der Waals surface area contributed by atoms with Crippen molar-refractivity contribution < 1.29 is 29.2 Å². The second-order valence-corrected chi connectivity index (χ2v) is 4.94. The Morgan fingerprint density at radius 3 is 2.22 bits per heavy atom. The summed E-state index contributed by atoms with van der Waals surface area (Å²) in [6.07, 6.45) is 0. The molecule has 7 heteroatoms. The van der Waals surface area contributed by atoms with Crippen LogP contribution in [0, 0.1) is 0 Å². The van der Waals surface area contributed by atoms with Crippen LogP contribution in [0.4, 0.5) is 0 Å². The summed E-state index contributed by atoms with van der Waals surface area (Å²) in [6.45, 7) is -0.210. The van der Waals surface area contributed by atoms with E-state index in [1.165, 1.54) is 0 Å². The van der Waals surface area contributed by atoms with Crippen molar-refractivity contribution in [3.05, 3.63) is 40.6 Å². The van der Waals surface area contributed by atoms with E-state index in [4.69, 9.17) is 13.9 Å². The largest absolute Gasteiger partial charge is 0.504 e. The summed E-state index contributed by atoms with van der Waals surface area (Å²) in [7, 11) is 0. The summed E-state index contributed by atoms with van der Waals surface area (Å²) < 4.78 is 15.6. The van der Waals surface area contributed by atoms with E-state index in [9.17, 15) is 20.1 Å². The molecule has 1 aromatic heterocycles. The van der Waals surface area contributed by atoms with Crippen molar-refractivity contribution >= 4 is 11.0 Å². The second kappa shape index (κ2) is 4.57. The Kier molecular flexibility index (Phi) is 2.65. The van der Waals surface area contributed by atoms with Gasteiger partial charge in [0.2, 0.25) is 35.2 Å². The third-order valence-electron chi connectivity index (χ3n) is 3.62. The number of rotatable bonds is 1. The summed E-state index contributed by atoms with van der Waals surface area (Å²) in [5.74, 6) is -2.07. The van der Waals surface area contributed by atoms with Crippen molar-refractivity contribution in [3.63, 3.8) is 0 Å². The molecule has 23 heavy (non-hydrogen) atoms. The predicted molar refractivity (Wildman–Crippen MR) is 79.0 cm³/mol. The number of fused-ring (bicyclic) bond motifs is 2. The molecule has 0 spiro atoms. The Labute approximate surface area is 128 Å². The van der Waals surface area contributed by atoms with Crippen LogP contribution >= 0.6 is 0 Å². The highest BCUT2D eigenvalue weighted by molar-refractivity contribution is 5.96. The molecule has 0 radical (unpaired) electrons. The van der Waals surface area contributed by atoms with Crippen LogP contribution in [0.3, 0.4) is 0 Å². The highest BCUT2D eigenvalue weighted by Crippen LogP contribution is 2.52. The first-order valence-electron chi connectivity index (χ1n) is 6.68. The number of hydrogen-bond donors (Lipinski definition) is 3. The zero-order chi connectivity index (χ0) is 16.1. The summed E-state index contributed by atoms with van der Waals surface area (Å²) in [4.78, 5) is 12.4. The van der Waals surface area contributed by atoms with Gasteiger partial charge in [0.1, 0.15) is 5.39 Å². The summed E-state index contributed by atoms with van der Waals surface area (Å²) in [5.41, 5.74) is -0.717. The average molecular weight is 314 g/mol. The maximum atomic E-state index is 12.4. The monoisotopic (exact) mass is 314 g/mol. The molecule has 0 unspecified atom stereocenters. The molecule has 0 aliphatic carbocycles. The molecule has 0 amide bonds. The van der Waals surface area contributed by atoms with Crippen LogP contribution in [-0.2, 0) is 0 Å². The van der Waals surface area contributed by atoms with Crippen LogP contribution in [-0.4, -0.2) is 22.1 Å². The molecule has 4 rings (SSSR count). The lowest BCUT2D eigenvalue weighted by Gasteiger charge is -2.10. The van der Waals surface area contributed by atoms with Crippen molar-refractivity contribution in [1.82, 2.24) is 0 Å². The lowest BCUT2D eigenvalue weighted by molar-refractivity contribution is 0.169. The minimum atomic E-state index is -0.879. The fourth-order valence-electron chi connectivity index (χ4n) is 2.54. The van der Waals surface area contributed by atoms with Gasteiger partial charge >= 0.3 is 0 Å². The third-order valence-corrected chi connectivity index (χ3v) is 3.62. The van der Waals surface area contributed by atoms with Gasteiger partial charge < -0.3 is 29.2 Å².